The standard InChI is InChI=1S/C40H43ClN4O6S/c1-29(46)44-24-22-43(23-25-44)26-28-52(49,50)42-21-19-36-34(20-27-51-33-17-15-32(16-18-33)40(47)48)38-35(41)13-8-14-37(38)45(36)39(30-9-4-2-5-10-30)31-11-6-3-7-12-31/h2-18,39,42H,19-28H2,1H3,(H,47,48). The fourth-order valence-corrected chi connectivity index (χ4v) is 8.28. The molecule has 0 unspecified atom stereocenters. The first-order valence-electron chi connectivity index (χ1n) is 17.4. The van der Waals surface area contributed by atoms with Crippen molar-refractivity contribution >= 4 is 44.4 Å². The minimum atomic E-state index is -3.61. The smallest absolute Gasteiger partial charge is 0.335 e. The molecule has 1 saturated heterocycles. The Bertz CT molecular complexity index is 2060. The number of sulfonamides is 1. The summed E-state index contributed by atoms with van der Waals surface area (Å²) in [6, 6.07) is 32.3. The number of halogens is 1. The molecule has 1 aliphatic heterocycles. The molecular weight excluding hydrogens is 700 g/mol. The summed E-state index contributed by atoms with van der Waals surface area (Å²) in [6.45, 7) is 4.89. The van der Waals surface area contributed by atoms with Crippen molar-refractivity contribution in [1.82, 2.24) is 19.1 Å². The van der Waals surface area contributed by atoms with E-state index in [1.165, 1.54) is 12.1 Å². The largest absolute Gasteiger partial charge is 0.493 e. The molecular formula is C40H43ClN4O6S. The van der Waals surface area contributed by atoms with Crippen molar-refractivity contribution < 1.29 is 27.9 Å². The number of carbonyl (C=O) groups is 2. The van der Waals surface area contributed by atoms with E-state index in [-0.39, 0.29) is 36.4 Å². The van der Waals surface area contributed by atoms with Crippen molar-refractivity contribution in [2.45, 2.75) is 25.8 Å². The zero-order valence-corrected chi connectivity index (χ0v) is 30.7. The highest BCUT2D eigenvalue weighted by atomic mass is 35.5. The predicted molar refractivity (Wildman–Crippen MR) is 204 cm³/mol. The second kappa shape index (κ2) is 16.8. The lowest BCUT2D eigenvalue weighted by Crippen LogP contribution is -2.49. The van der Waals surface area contributed by atoms with Crippen LogP contribution in [0, 0.1) is 0 Å². The van der Waals surface area contributed by atoms with Crippen LogP contribution in [0.15, 0.2) is 103 Å². The number of hydrogen-bond donors (Lipinski definition) is 2. The van der Waals surface area contributed by atoms with E-state index in [2.05, 4.69) is 44.5 Å². The lowest BCUT2D eigenvalue weighted by molar-refractivity contribution is -0.130. The predicted octanol–water partition coefficient (Wildman–Crippen LogP) is 5.88. The fraction of sp³-hybridized carbons (Fsp3) is 0.300. The normalized spacial score (nSPS) is 13.9. The number of aromatic carboxylic acids is 1. The molecule has 1 aromatic heterocycles. The highest BCUT2D eigenvalue weighted by Crippen LogP contribution is 2.39. The van der Waals surface area contributed by atoms with Gasteiger partial charge in [-0.3, -0.25) is 9.69 Å². The summed E-state index contributed by atoms with van der Waals surface area (Å²) in [6.07, 6.45) is 0.860. The van der Waals surface area contributed by atoms with Gasteiger partial charge in [0.25, 0.3) is 0 Å². The van der Waals surface area contributed by atoms with E-state index in [4.69, 9.17) is 16.3 Å². The van der Waals surface area contributed by atoms with Gasteiger partial charge in [0.1, 0.15) is 5.75 Å². The number of hydrogen-bond acceptors (Lipinski definition) is 6. The third-order valence-corrected chi connectivity index (χ3v) is 11.3. The van der Waals surface area contributed by atoms with E-state index in [0.29, 0.717) is 56.3 Å². The van der Waals surface area contributed by atoms with Crippen LogP contribution in [0.1, 0.15) is 45.7 Å². The van der Waals surface area contributed by atoms with Gasteiger partial charge in [-0.15, -0.1) is 0 Å². The molecule has 4 aromatic carbocycles. The molecule has 0 bridgehead atoms. The third kappa shape index (κ3) is 8.85. The Balaban J connectivity index is 1.31. The molecule has 10 nitrogen and oxygen atoms in total. The molecule has 0 atom stereocenters. The second-order valence-electron chi connectivity index (χ2n) is 12.9. The molecule has 52 heavy (non-hydrogen) atoms. The van der Waals surface area contributed by atoms with Gasteiger partial charge in [-0.05, 0) is 53.1 Å². The summed E-state index contributed by atoms with van der Waals surface area (Å²) in [5, 5.41) is 10.8. The van der Waals surface area contributed by atoms with Crippen LogP contribution in [0.5, 0.6) is 5.75 Å². The number of carboxylic acid groups (broad SMARTS) is 1. The third-order valence-electron chi connectivity index (χ3n) is 9.58. The number of carbonyl (C=O) groups excluding carboxylic acids is 1. The van der Waals surface area contributed by atoms with Crippen LogP contribution < -0.4 is 9.46 Å². The molecule has 0 spiro atoms. The van der Waals surface area contributed by atoms with E-state index < -0.39 is 16.0 Å². The van der Waals surface area contributed by atoms with Crippen LogP contribution in [0.2, 0.25) is 5.02 Å². The Morgan fingerprint density at radius 3 is 2.08 bits per heavy atom. The first kappa shape index (κ1) is 37.1. The molecule has 0 aliphatic carbocycles. The summed E-state index contributed by atoms with van der Waals surface area (Å²) in [4.78, 5) is 26.9. The highest BCUT2D eigenvalue weighted by molar-refractivity contribution is 7.89. The maximum absolute atomic E-state index is 13.3. The number of ether oxygens (including phenoxy) is 1. The van der Waals surface area contributed by atoms with Gasteiger partial charge in [-0.1, -0.05) is 78.3 Å². The number of benzene rings is 4. The topological polar surface area (TPSA) is 121 Å². The van der Waals surface area contributed by atoms with Crippen molar-refractivity contribution in [3.8, 4) is 5.75 Å². The fourth-order valence-electron chi connectivity index (χ4n) is 6.94. The first-order chi connectivity index (χ1) is 25.1. The van der Waals surface area contributed by atoms with Crippen molar-refractivity contribution in [2.24, 2.45) is 0 Å². The number of amides is 1. The maximum atomic E-state index is 13.3. The van der Waals surface area contributed by atoms with E-state index in [1.54, 1.807) is 24.0 Å². The molecule has 0 radical (unpaired) electrons. The summed E-state index contributed by atoms with van der Waals surface area (Å²) in [5.41, 5.74) is 5.14. The zero-order chi connectivity index (χ0) is 36.7. The summed E-state index contributed by atoms with van der Waals surface area (Å²) >= 11 is 6.99. The first-order valence-corrected chi connectivity index (χ1v) is 19.5. The van der Waals surface area contributed by atoms with Gasteiger partial charge in [0.2, 0.25) is 15.9 Å². The van der Waals surface area contributed by atoms with E-state index in [0.717, 1.165) is 33.3 Å². The molecule has 0 saturated carbocycles. The van der Waals surface area contributed by atoms with Crippen LogP contribution in [-0.4, -0.2) is 91.4 Å². The van der Waals surface area contributed by atoms with Gasteiger partial charge < -0.3 is 19.3 Å². The molecule has 272 valence electrons. The van der Waals surface area contributed by atoms with Crippen molar-refractivity contribution in [2.75, 3.05) is 51.6 Å². The second-order valence-corrected chi connectivity index (χ2v) is 15.2. The number of nitrogens with zero attached hydrogens (tertiary/aromatic N) is 3. The van der Waals surface area contributed by atoms with Crippen molar-refractivity contribution in [1.29, 1.82) is 0 Å². The number of nitrogens with one attached hydrogen (secondary N) is 1. The number of fused-ring (bicyclic) bond motifs is 1. The van der Waals surface area contributed by atoms with E-state index in [1.807, 2.05) is 48.5 Å². The average Bonchev–Trinajstić information content (AvgIpc) is 3.45. The lowest BCUT2D eigenvalue weighted by atomic mass is 9.97. The molecule has 1 fully saturated rings. The van der Waals surface area contributed by atoms with Gasteiger partial charge in [0.05, 0.1) is 34.5 Å². The van der Waals surface area contributed by atoms with Gasteiger partial charge in [0.15, 0.2) is 0 Å². The van der Waals surface area contributed by atoms with Crippen molar-refractivity contribution in [3.05, 3.63) is 136 Å². The summed E-state index contributed by atoms with van der Waals surface area (Å²) < 4.78 is 37.9. The molecule has 1 aliphatic rings. The van der Waals surface area contributed by atoms with Crippen LogP contribution >= 0.6 is 11.6 Å². The molecule has 1 amide bonds. The van der Waals surface area contributed by atoms with E-state index >= 15 is 0 Å². The minimum absolute atomic E-state index is 0.0368. The molecule has 2 N–H and O–H groups in total. The van der Waals surface area contributed by atoms with Crippen molar-refractivity contribution in [3.63, 3.8) is 0 Å². The molecule has 5 aromatic rings. The van der Waals surface area contributed by atoms with Crippen LogP contribution in [-0.2, 0) is 27.7 Å². The van der Waals surface area contributed by atoms with E-state index in [9.17, 15) is 23.1 Å². The number of carboxylic acids is 1. The Morgan fingerprint density at radius 1 is 0.846 bits per heavy atom. The number of piperazine rings is 1. The Morgan fingerprint density at radius 2 is 1.48 bits per heavy atom. The van der Waals surface area contributed by atoms with Gasteiger partial charge in [0, 0.05) is 70.1 Å². The lowest BCUT2D eigenvalue weighted by Gasteiger charge is -2.34. The van der Waals surface area contributed by atoms with Gasteiger partial charge >= 0.3 is 5.97 Å². The maximum Gasteiger partial charge on any atom is 0.335 e. The van der Waals surface area contributed by atoms with Gasteiger partial charge in [-0.25, -0.2) is 17.9 Å². The minimum Gasteiger partial charge on any atom is -0.493 e. The summed E-state index contributed by atoms with van der Waals surface area (Å²) in [5.74, 6) is -0.467. The quantitative estimate of drug-likeness (QED) is 0.138. The van der Waals surface area contributed by atoms with Crippen LogP contribution in [0.4, 0.5) is 0 Å². The van der Waals surface area contributed by atoms with Crippen LogP contribution in [0.3, 0.4) is 0 Å². The monoisotopic (exact) mass is 742 g/mol. The molecule has 2 heterocycles. The SMILES string of the molecule is CC(=O)N1CCN(CCS(=O)(=O)NCCc2c(CCOc3ccc(C(=O)O)cc3)c3c(Cl)cccc3n2C(c2ccccc2)c2ccccc2)CC1. The Labute approximate surface area is 309 Å². The highest BCUT2D eigenvalue weighted by Gasteiger charge is 2.27. The van der Waals surface area contributed by atoms with Crippen LogP contribution in [0.25, 0.3) is 10.9 Å². The molecule has 6 rings (SSSR count). The Kier molecular flexibility index (Phi) is 12.0. The summed E-state index contributed by atoms with van der Waals surface area (Å²) in [7, 11) is -3.61. The van der Waals surface area contributed by atoms with Gasteiger partial charge in [-0.2, -0.15) is 0 Å². The average molecular weight is 743 g/mol. The number of rotatable bonds is 15. The zero-order valence-electron chi connectivity index (χ0n) is 29.1. The molecule has 12 heteroatoms. The Hall–Kier alpha value is -4.68. The number of aromatic nitrogens is 1.